The monoisotopic (exact) mass is 266 g/mol. The van der Waals surface area contributed by atoms with E-state index in [4.69, 9.17) is 10.5 Å². The third-order valence-corrected chi connectivity index (χ3v) is 4.27. The van der Waals surface area contributed by atoms with Crippen molar-refractivity contribution in [2.75, 3.05) is 26.3 Å². The SMILES string of the molecule is CC(C)(C)C1=CCN(C(=O)C2(N)CCOCC2)CC1. The Hall–Kier alpha value is -0.870. The molecule has 4 heteroatoms. The van der Waals surface area contributed by atoms with E-state index >= 15 is 0 Å². The molecule has 1 saturated heterocycles. The molecular weight excluding hydrogens is 240 g/mol. The Bertz CT molecular complexity index is 376. The quantitative estimate of drug-likeness (QED) is 0.735. The first-order chi connectivity index (χ1) is 8.83. The van der Waals surface area contributed by atoms with Gasteiger partial charge < -0.3 is 15.4 Å². The maximum atomic E-state index is 12.5. The maximum Gasteiger partial charge on any atom is 0.243 e. The number of rotatable bonds is 1. The molecule has 2 heterocycles. The Kier molecular flexibility index (Phi) is 4.02. The molecule has 2 rings (SSSR count). The van der Waals surface area contributed by atoms with Crippen molar-refractivity contribution in [3.8, 4) is 0 Å². The fourth-order valence-corrected chi connectivity index (χ4v) is 2.80. The van der Waals surface area contributed by atoms with Crippen LogP contribution in [0.3, 0.4) is 0 Å². The van der Waals surface area contributed by atoms with E-state index in [1.165, 1.54) is 5.57 Å². The van der Waals surface area contributed by atoms with E-state index in [1.807, 2.05) is 4.90 Å². The summed E-state index contributed by atoms with van der Waals surface area (Å²) in [6, 6.07) is 0. The van der Waals surface area contributed by atoms with Gasteiger partial charge in [-0.05, 0) is 24.7 Å². The highest BCUT2D eigenvalue weighted by Crippen LogP contribution is 2.31. The lowest BCUT2D eigenvalue weighted by Crippen LogP contribution is -2.58. The summed E-state index contributed by atoms with van der Waals surface area (Å²) in [7, 11) is 0. The van der Waals surface area contributed by atoms with Crippen LogP contribution in [-0.4, -0.2) is 42.6 Å². The lowest BCUT2D eigenvalue weighted by atomic mass is 9.82. The first kappa shape index (κ1) is 14.5. The molecule has 0 aliphatic carbocycles. The lowest BCUT2D eigenvalue weighted by molar-refractivity contribution is -0.140. The summed E-state index contributed by atoms with van der Waals surface area (Å²) < 4.78 is 5.30. The molecule has 0 spiro atoms. The number of hydrogen-bond donors (Lipinski definition) is 1. The highest BCUT2D eigenvalue weighted by atomic mass is 16.5. The predicted molar refractivity (Wildman–Crippen MR) is 75.7 cm³/mol. The Labute approximate surface area is 116 Å². The second kappa shape index (κ2) is 5.25. The fourth-order valence-electron chi connectivity index (χ4n) is 2.80. The van der Waals surface area contributed by atoms with Crippen molar-refractivity contribution in [2.45, 2.75) is 45.6 Å². The van der Waals surface area contributed by atoms with Crippen molar-refractivity contribution >= 4 is 5.91 Å². The Morgan fingerprint density at radius 2 is 2.00 bits per heavy atom. The molecule has 1 amide bonds. The van der Waals surface area contributed by atoms with E-state index in [0.717, 1.165) is 13.0 Å². The molecule has 108 valence electrons. The smallest absolute Gasteiger partial charge is 0.243 e. The van der Waals surface area contributed by atoms with Gasteiger partial charge in [-0.25, -0.2) is 0 Å². The van der Waals surface area contributed by atoms with Gasteiger partial charge in [-0.2, -0.15) is 0 Å². The number of ether oxygens (including phenoxy) is 1. The molecule has 0 aromatic heterocycles. The van der Waals surface area contributed by atoms with Gasteiger partial charge in [0.1, 0.15) is 0 Å². The van der Waals surface area contributed by atoms with E-state index in [2.05, 4.69) is 26.8 Å². The standard InChI is InChI=1S/C15H26N2O2/c1-14(2,3)12-4-8-17(9-5-12)13(18)15(16)6-10-19-11-7-15/h4H,5-11,16H2,1-3H3. The van der Waals surface area contributed by atoms with Gasteiger partial charge in [-0.15, -0.1) is 0 Å². The van der Waals surface area contributed by atoms with Crippen molar-refractivity contribution in [1.82, 2.24) is 4.90 Å². The minimum atomic E-state index is -0.703. The van der Waals surface area contributed by atoms with Crippen LogP contribution in [0.15, 0.2) is 11.6 Å². The van der Waals surface area contributed by atoms with Crippen LogP contribution in [-0.2, 0) is 9.53 Å². The molecule has 0 atom stereocenters. The lowest BCUT2D eigenvalue weighted by Gasteiger charge is -2.39. The molecule has 0 unspecified atom stereocenters. The highest BCUT2D eigenvalue weighted by Gasteiger charge is 2.39. The van der Waals surface area contributed by atoms with E-state index in [0.29, 0.717) is 32.6 Å². The predicted octanol–water partition coefficient (Wildman–Crippen LogP) is 1.70. The third kappa shape index (κ3) is 3.18. The molecule has 4 nitrogen and oxygen atoms in total. The normalized spacial score (nSPS) is 24.0. The van der Waals surface area contributed by atoms with Gasteiger partial charge in [-0.1, -0.05) is 32.4 Å². The van der Waals surface area contributed by atoms with Gasteiger partial charge >= 0.3 is 0 Å². The van der Waals surface area contributed by atoms with Crippen LogP contribution in [0.1, 0.15) is 40.0 Å². The number of nitrogens with zero attached hydrogens (tertiary/aromatic N) is 1. The van der Waals surface area contributed by atoms with Crippen LogP contribution in [0.25, 0.3) is 0 Å². The van der Waals surface area contributed by atoms with E-state index in [9.17, 15) is 4.79 Å². The molecule has 2 aliphatic rings. The molecule has 19 heavy (non-hydrogen) atoms. The number of amides is 1. The van der Waals surface area contributed by atoms with Gasteiger partial charge in [0.05, 0.1) is 5.54 Å². The molecule has 0 bridgehead atoms. The minimum absolute atomic E-state index is 0.0972. The second-order valence-electron chi connectivity index (χ2n) is 6.75. The maximum absolute atomic E-state index is 12.5. The molecule has 0 radical (unpaired) electrons. The van der Waals surface area contributed by atoms with Gasteiger partial charge in [0.25, 0.3) is 0 Å². The Morgan fingerprint density at radius 1 is 1.37 bits per heavy atom. The van der Waals surface area contributed by atoms with Gasteiger partial charge in [0.2, 0.25) is 5.91 Å². The average molecular weight is 266 g/mol. The molecule has 2 aliphatic heterocycles. The average Bonchev–Trinajstić information content (AvgIpc) is 2.38. The zero-order chi connectivity index (χ0) is 14.1. The zero-order valence-corrected chi connectivity index (χ0v) is 12.4. The van der Waals surface area contributed by atoms with Crippen molar-refractivity contribution < 1.29 is 9.53 Å². The van der Waals surface area contributed by atoms with Gasteiger partial charge in [0, 0.05) is 26.3 Å². The minimum Gasteiger partial charge on any atom is -0.381 e. The highest BCUT2D eigenvalue weighted by molar-refractivity contribution is 5.86. The third-order valence-electron chi connectivity index (χ3n) is 4.27. The summed E-state index contributed by atoms with van der Waals surface area (Å²) in [5, 5.41) is 0. The van der Waals surface area contributed by atoms with E-state index in [-0.39, 0.29) is 11.3 Å². The summed E-state index contributed by atoms with van der Waals surface area (Å²) in [5.41, 5.74) is 7.20. The van der Waals surface area contributed by atoms with Crippen LogP contribution in [0, 0.1) is 5.41 Å². The Morgan fingerprint density at radius 3 is 2.47 bits per heavy atom. The Balaban J connectivity index is 2.01. The summed E-state index contributed by atoms with van der Waals surface area (Å²) >= 11 is 0. The molecule has 0 aromatic rings. The van der Waals surface area contributed by atoms with E-state index in [1.54, 1.807) is 0 Å². The molecule has 1 fully saturated rings. The number of nitrogens with two attached hydrogens (primary N) is 1. The number of carbonyl (C=O) groups excluding carboxylic acids is 1. The van der Waals surface area contributed by atoms with Crippen molar-refractivity contribution in [1.29, 1.82) is 0 Å². The van der Waals surface area contributed by atoms with Crippen LogP contribution >= 0.6 is 0 Å². The number of carbonyl (C=O) groups is 1. The molecule has 2 N–H and O–H groups in total. The van der Waals surface area contributed by atoms with Crippen LogP contribution in [0.5, 0.6) is 0 Å². The second-order valence-corrected chi connectivity index (χ2v) is 6.75. The van der Waals surface area contributed by atoms with Crippen molar-refractivity contribution in [3.63, 3.8) is 0 Å². The molecule has 0 aromatic carbocycles. The summed E-state index contributed by atoms with van der Waals surface area (Å²) in [6.45, 7) is 9.35. The van der Waals surface area contributed by atoms with Crippen molar-refractivity contribution in [3.05, 3.63) is 11.6 Å². The first-order valence-corrected chi connectivity index (χ1v) is 7.18. The van der Waals surface area contributed by atoms with Crippen molar-refractivity contribution in [2.24, 2.45) is 11.1 Å². The summed E-state index contributed by atoms with van der Waals surface area (Å²) in [4.78, 5) is 14.5. The van der Waals surface area contributed by atoms with Crippen LogP contribution in [0.2, 0.25) is 0 Å². The largest absolute Gasteiger partial charge is 0.381 e. The van der Waals surface area contributed by atoms with Crippen LogP contribution < -0.4 is 5.73 Å². The first-order valence-electron chi connectivity index (χ1n) is 7.18. The van der Waals surface area contributed by atoms with Gasteiger partial charge in [0.15, 0.2) is 0 Å². The number of hydrogen-bond acceptors (Lipinski definition) is 3. The fraction of sp³-hybridized carbons (Fsp3) is 0.800. The topological polar surface area (TPSA) is 55.6 Å². The van der Waals surface area contributed by atoms with Gasteiger partial charge in [-0.3, -0.25) is 4.79 Å². The summed E-state index contributed by atoms with van der Waals surface area (Å²) in [5.74, 6) is 0.0972. The van der Waals surface area contributed by atoms with Crippen LogP contribution in [0.4, 0.5) is 0 Å². The van der Waals surface area contributed by atoms with E-state index < -0.39 is 5.54 Å². The molecule has 0 saturated carbocycles. The summed E-state index contributed by atoms with van der Waals surface area (Å²) in [6.07, 6.45) is 4.43. The molecular formula is C15H26N2O2. The zero-order valence-electron chi connectivity index (χ0n) is 12.4.